The van der Waals surface area contributed by atoms with E-state index in [1.54, 1.807) is 17.8 Å². The van der Waals surface area contributed by atoms with Gasteiger partial charge in [0.1, 0.15) is 0 Å². The molecule has 0 aromatic heterocycles. The van der Waals surface area contributed by atoms with Gasteiger partial charge in [-0.05, 0) is 12.7 Å². The Morgan fingerprint density at radius 1 is 1.82 bits per heavy atom. The third-order valence-electron chi connectivity index (χ3n) is 1.68. The summed E-state index contributed by atoms with van der Waals surface area (Å²) >= 11 is 1.57. The Balaban J connectivity index is 4.08. The van der Waals surface area contributed by atoms with Crippen molar-refractivity contribution < 1.29 is 9.90 Å². The fourth-order valence-electron chi connectivity index (χ4n) is 0.837. The summed E-state index contributed by atoms with van der Waals surface area (Å²) in [4.78, 5) is 10.6. The normalized spacial score (nSPS) is 15.5. The Kier molecular flexibility index (Phi) is 5.03. The quantitative estimate of drug-likeness (QED) is 0.648. The molecule has 3 heteroatoms. The van der Waals surface area contributed by atoms with Crippen LogP contribution < -0.4 is 0 Å². The van der Waals surface area contributed by atoms with E-state index in [-0.39, 0.29) is 11.2 Å². The number of hydrogen-bond acceptors (Lipinski definition) is 2. The molecule has 0 aliphatic heterocycles. The van der Waals surface area contributed by atoms with Crippen molar-refractivity contribution in [3.8, 4) is 0 Å². The molecule has 0 aliphatic carbocycles. The number of carbonyl (C=O) groups is 1. The van der Waals surface area contributed by atoms with Gasteiger partial charge < -0.3 is 5.11 Å². The first-order valence-electron chi connectivity index (χ1n) is 3.50. The molecule has 0 aliphatic rings. The van der Waals surface area contributed by atoms with Crippen LogP contribution in [-0.2, 0) is 4.79 Å². The minimum atomic E-state index is -0.730. The fraction of sp³-hybridized carbons (Fsp3) is 0.625. The van der Waals surface area contributed by atoms with Crippen molar-refractivity contribution in [2.75, 3.05) is 6.26 Å². The second kappa shape index (κ2) is 5.24. The SMILES string of the molecule is C=CCC(C(=O)O)C(C)SC. The lowest BCUT2D eigenvalue weighted by molar-refractivity contribution is -0.141. The average Bonchev–Trinajstić information content (AvgIpc) is 1.98. The van der Waals surface area contributed by atoms with Gasteiger partial charge in [0.05, 0.1) is 5.92 Å². The van der Waals surface area contributed by atoms with Gasteiger partial charge in [-0.25, -0.2) is 0 Å². The van der Waals surface area contributed by atoms with Gasteiger partial charge in [0.25, 0.3) is 0 Å². The van der Waals surface area contributed by atoms with Crippen molar-refractivity contribution in [2.45, 2.75) is 18.6 Å². The molecular weight excluding hydrogens is 160 g/mol. The van der Waals surface area contributed by atoms with Gasteiger partial charge in [-0.2, -0.15) is 11.8 Å². The molecule has 0 amide bonds. The molecule has 0 saturated heterocycles. The van der Waals surface area contributed by atoms with E-state index in [9.17, 15) is 4.79 Å². The highest BCUT2D eigenvalue weighted by Gasteiger charge is 2.21. The Morgan fingerprint density at radius 3 is 2.64 bits per heavy atom. The maximum Gasteiger partial charge on any atom is 0.307 e. The molecule has 64 valence electrons. The summed E-state index contributed by atoms with van der Waals surface area (Å²) in [6.07, 6.45) is 4.13. The molecule has 0 saturated carbocycles. The maximum absolute atomic E-state index is 10.6. The van der Waals surface area contributed by atoms with Gasteiger partial charge in [0.2, 0.25) is 0 Å². The average molecular weight is 174 g/mol. The van der Waals surface area contributed by atoms with E-state index in [1.807, 2.05) is 13.2 Å². The lowest BCUT2D eigenvalue weighted by atomic mass is 10.0. The molecule has 0 radical (unpaired) electrons. The summed E-state index contributed by atoms with van der Waals surface area (Å²) in [5, 5.41) is 8.90. The summed E-state index contributed by atoms with van der Waals surface area (Å²) in [6, 6.07) is 0. The van der Waals surface area contributed by atoms with Crippen LogP contribution in [0.1, 0.15) is 13.3 Å². The van der Waals surface area contributed by atoms with Crippen LogP contribution in [0.15, 0.2) is 12.7 Å². The van der Waals surface area contributed by atoms with Crippen LogP contribution in [0.5, 0.6) is 0 Å². The molecule has 11 heavy (non-hydrogen) atoms. The highest BCUT2D eigenvalue weighted by molar-refractivity contribution is 7.99. The molecule has 0 aromatic carbocycles. The van der Waals surface area contributed by atoms with Crippen LogP contribution in [0, 0.1) is 5.92 Å². The molecule has 0 fully saturated rings. The molecule has 2 atom stereocenters. The molecule has 0 bridgehead atoms. The highest BCUT2D eigenvalue weighted by Crippen LogP contribution is 2.20. The van der Waals surface area contributed by atoms with Crippen molar-refractivity contribution in [1.82, 2.24) is 0 Å². The molecule has 0 rings (SSSR count). The summed E-state index contributed by atoms with van der Waals surface area (Å²) in [6.45, 7) is 5.45. The van der Waals surface area contributed by atoms with E-state index >= 15 is 0 Å². The Bertz CT molecular complexity index is 145. The lowest BCUT2D eigenvalue weighted by Gasteiger charge is -2.15. The number of carboxylic acids is 1. The van der Waals surface area contributed by atoms with E-state index in [0.29, 0.717) is 6.42 Å². The minimum absolute atomic E-state index is 0.158. The zero-order chi connectivity index (χ0) is 8.85. The van der Waals surface area contributed by atoms with E-state index in [0.717, 1.165) is 0 Å². The first-order valence-corrected chi connectivity index (χ1v) is 4.78. The first-order chi connectivity index (χ1) is 5.13. The van der Waals surface area contributed by atoms with Crippen LogP contribution in [0.3, 0.4) is 0 Å². The molecule has 2 nitrogen and oxygen atoms in total. The van der Waals surface area contributed by atoms with E-state index < -0.39 is 5.97 Å². The van der Waals surface area contributed by atoms with Crippen molar-refractivity contribution in [3.63, 3.8) is 0 Å². The van der Waals surface area contributed by atoms with Gasteiger partial charge in [-0.15, -0.1) is 6.58 Å². The summed E-state index contributed by atoms with van der Waals surface area (Å²) in [5.41, 5.74) is 0. The molecular formula is C8H14O2S. The third kappa shape index (κ3) is 3.46. The standard InChI is InChI=1S/C8H14O2S/c1-4-5-7(8(9)10)6(2)11-3/h4,6-7H,1,5H2,2-3H3,(H,9,10). The van der Waals surface area contributed by atoms with Crippen LogP contribution in [0.4, 0.5) is 0 Å². The summed E-state index contributed by atoms with van der Waals surface area (Å²) < 4.78 is 0. The number of thioether (sulfide) groups is 1. The number of rotatable bonds is 5. The van der Waals surface area contributed by atoms with Crippen LogP contribution >= 0.6 is 11.8 Å². The number of allylic oxidation sites excluding steroid dienone is 1. The van der Waals surface area contributed by atoms with E-state index in [4.69, 9.17) is 5.11 Å². The van der Waals surface area contributed by atoms with Crippen LogP contribution in [0.25, 0.3) is 0 Å². The first kappa shape index (κ1) is 10.6. The van der Waals surface area contributed by atoms with Crippen LogP contribution in [0.2, 0.25) is 0 Å². The smallest absolute Gasteiger partial charge is 0.307 e. The molecule has 1 N–H and O–H groups in total. The second-order valence-corrected chi connectivity index (χ2v) is 3.62. The van der Waals surface area contributed by atoms with Gasteiger partial charge in [-0.3, -0.25) is 4.79 Å². The molecule has 0 spiro atoms. The minimum Gasteiger partial charge on any atom is -0.481 e. The highest BCUT2D eigenvalue weighted by atomic mass is 32.2. The molecule has 0 aromatic rings. The topological polar surface area (TPSA) is 37.3 Å². The Labute approximate surface area is 71.7 Å². The fourth-order valence-corrected chi connectivity index (χ4v) is 1.39. The predicted octanol–water partition coefficient (Wildman–Crippen LogP) is 2.01. The van der Waals surface area contributed by atoms with Gasteiger partial charge in [0.15, 0.2) is 0 Å². The summed E-state index contributed by atoms with van der Waals surface area (Å²) in [7, 11) is 0. The molecule has 2 unspecified atom stereocenters. The summed E-state index contributed by atoms with van der Waals surface area (Å²) in [5.74, 6) is -1.02. The largest absolute Gasteiger partial charge is 0.481 e. The Morgan fingerprint density at radius 2 is 2.36 bits per heavy atom. The zero-order valence-corrected chi connectivity index (χ0v) is 7.73. The predicted molar refractivity (Wildman–Crippen MR) is 48.9 cm³/mol. The van der Waals surface area contributed by atoms with E-state index in [2.05, 4.69) is 6.58 Å². The maximum atomic E-state index is 10.6. The van der Waals surface area contributed by atoms with Gasteiger partial charge in [-0.1, -0.05) is 13.0 Å². The van der Waals surface area contributed by atoms with Crippen LogP contribution in [-0.4, -0.2) is 22.6 Å². The third-order valence-corrected chi connectivity index (χ3v) is 2.75. The number of carboxylic acid groups (broad SMARTS) is 1. The van der Waals surface area contributed by atoms with Gasteiger partial charge in [0, 0.05) is 5.25 Å². The van der Waals surface area contributed by atoms with E-state index in [1.165, 1.54) is 0 Å². The lowest BCUT2D eigenvalue weighted by Crippen LogP contribution is -2.22. The van der Waals surface area contributed by atoms with Crippen molar-refractivity contribution in [2.24, 2.45) is 5.92 Å². The second-order valence-electron chi connectivity index (χ2n) is 2.41. The van der Waals surface area contributed by atoms with Crippen molar-refractivity contribution in [1.29, 1.82) is 0 Å². The molecule has 0 heterocycles. The zero-order valence-electron chi connectivity index (χ0n) is 6.91. The monoisotopic (exact) mass is 174 g/mol. The van der Waals surface area contributed by atoms with Gasteiger partial charge >= 0.3 is 5.97 Å². The number of aliphatic carboxylic acids is 1. The van der Waals surface area contributed by atoms with Crippen molar-refractivity contribution in [3.05, 3.63) is 12.7 Å². The Hall–Kier alpha value is -0.440. The number of hydrogen-bond donors (Lipinski definition) is 1. The van der Waals surface area contributed by atoms with Crippen molar-refractivity contribution >= 4 is 17.7 Å².